The minimum absolute atomic E-state index is 0.130. The first-order valence-electron chi connectivity index (χ1n) is 17.2. The number of carbonyl (C=O) groups excluding carboxylic acids is 2. The van der Waals surface area contributed by atoms with Crippen molar-refractivity contribution in [2.45, 2.75) is 62.9 Å². The Morgan fingerprint density at radius 1 is 0.939 bits per heavy atom. The Labute approximate surface area is 284 Å². The van der Waals surface area contributed by atoms with Gasteiger partial charge in [0, 0.05) is 42.9 Å². The van der Waals surface area contributed by atoms with Crippen molar-refractivity contribution in [2.75, 3.05) is 36.9 Å². The van der Waals surface area contributed by atoms with Gasteiger partial charge in [0.25, 0.3) is 0 Å². The Bertz CT molecular complexity index is 1930. The number of benzene rings is 2. The molecule has 0 unspecified atom stereocenters. The number of piperidine rings is 1. The Balaban J connectivity index is 0.910. The van der Waals surface area contributed by atoms with E-state index in [1.807, 2.05) is 24.5 Å². The highest BCUT2D eigenvalue weighted by molar-refractivity contribution is 6.02. The zero-order valence-electron chi connectivity index (χ0n) is 27.3. The lowest BCUT2D eigenvalue weighted by atomic mass is 9.80. The Kier molecular flexibility index (Phi) is 8.24. The summed E-state index contributed by atoms with van der Waals surface area (Å²) in [6, 6.07) is 15.3. The lowest BCUT2D eigenvalue weighted by Crippen LogP contribution is -2.54. The van der Waals surface area contributed by atoms with Crippen molar-refractivity contribution in [2.24, 2.45) is 0 Å². The second-order valence-electron chi connectivity index (χ2n) is 13.4. The first-order chi connectivity index (χ1) is 23.9. The van der Waals surface area contributed by atoms with Gasteiger partial charge in [-0.1, -0.05) is 30.3 Å². The van der Waals surface area contributed by atoms with Crippen LogP contribution in [0.5, 0.6) is 11.5 Å². The molecule has 2 aromatic carbocycles. The number of phenolic OH excluding ortho intramolecular Hbond substituents is 1. The predicted molar refractivity (Wildman–Crippen MR) is 185 cm³/mol. The third-order valence-corrected chi connectivity index (χ3v) is 10.6. The van der Waals surface area contributed by atoms with Gasteiger partial charge in [-0.25, -0.2) is 4.68 Å². The summed E-state index contributed by atoms with van der Waals surface area (Å²) in [5.74, 6) is 1.32. The summed E-state index contributed by atoms with van der Waals surface area (Å²) in [7, 11) is 0. The highest BCUT2D eigenvalue weighted by atomic mass is 16.5. The molecule has 3 aliphatic heterocycles. The molecule has 1 saturated carbocycles. The van der Waals surface area contributed by atoms with Gasteiger partial charge in [0.05, 0.1) is 24.1 Å². The molecule has 0 bridgehead atoms. The van der Waals surface area contributed by atoms with E-state index in [0.29, 0.717) is 54.9 Å². The van der Waals surface area contributed by atoms with E-state index in [1.54, 1.807) is 28.9 Å². The van der Waals surface area contributed by atoms with Crippen LogP contribution in [-0.4, -0.2) is 80.1 Å². The number of imide groups is 1. The number of para-hydroxylation sites is 2. The van der Waals surface area contributed by atoms with Gasteiger partial charge in [0.15, 0.2) is 5.82 Å². The number of nitrogens with zero attached hydrogens (tertiary/aromatic N) is 6. The molecule has 4 aliphatic rings. The van der Waals surface area contributed by atoms with Gasteiger partial charge in [0.2, 0.25) is 11.8 Å². The molecule has 2 fully saturated rings. The number of phenols is 1. The summed E-state index contributed by atoms with van der Waals surface area (Å²) in [6.45, 7) is 3.06. The molecule has 8 rings (SSSR count). The molecule has 12 heteroatoms. The zero-order valence-corrected chi connectivity index (χ0v) is 27.3. The minimum Gasteiger partial charge on any atom is -0.507 e. The number of hydrogen-bond acceptors (Lipinski definition) is 10. The van der Waals surface area contributed by atoms with Crippen LogP contribution in [0.1, 0.15) is 62.0 Å². The van der Waals surface area contributed by atoms with Gasteiger partial charge in [-0.05, 0) is 79.8 Å². The average Bonchev–Trinajstić information content (AvgIpc) is 3.62. The van der Waals surface area contributed by atoms with Crippen LogP contribution in [0, 0.1) is 0 Å². The predicted octanol–water partition coefficient (Wildman–Crippen LogP) is 4.44. The van der Waals surface area contributed by atoms with Crippen molar-refractivity contribution in [3.8, 4) is 28.4 Å². The maximum Gasteiger partial charge on any atom is 0.249 e. The lowest BCUT2D eigenvalue weighted by Gasteiger charge is -2.41. The molecule has 5 heterocycles. The summed E-state index contributed by atoms with van der Waals surface area (Å²) in [5.41, 5.74) is 12.5. The topological polar surface area (TPSA) is 152 Å². The number of amides is 2. The number of nitrogen functional groups attached to an aromatic ring is 1. The number of hydrogen-bond donors (Lipinski definition) is 3. The quantitative estimate of drug-likeness (QED) is 0.253. The van der Waals surface area contributed by atoms with Crippen molar-refractivity contribution in [1.29, 1.82) is 0 Å². The SMILES string of the molecule is Nc1nnc(-c2ccccc2O)cc1-n1cc(C2=CCN(C3CCC(c4cccc5c4OCCN5[C@@H]4CCC(=O)NC4=O)CC3)CC2)cn1. The number of fused-ring (bicyclic) bond motifs is 1. The van der Waals surface area contributed by atoms with Gasteiger partial charge in [-0.15, -0.1) is 10.2 Å². The van der Waals surface area contributed by atoms with Crippen LogP contribution in [0.25, 0.3) is 22.5 Å². The second-order valence-corrected chi connectivity index (χ2v) is 13.4. The Morgan fingerprint density at radius 3 is 2.59 bits per heavy atom. The molecule has 2 amide bonds. The van der Waals surface area contributed by atoms with E-state index in [0.717, 1.165) is 62.2 Å². The molecule has 12 nitrogen and oxygen atoms in total. The number of rotatable bonds is 6. The molecule has 49 heavy (non-hydrogen) atoms. The molecule has 1 aliphatic carbocycles. The summed E-state index contributed by atoms with van der Waals surface area (Å²) in [6.07, 6.45) is 12.4. The summed E-state index contributed by atoms with van der Waals surface area (Å²) >= 11 is 0. The molecular formula is C37H40N8O4. The first-order valence-corrected chi connectivity index (χ1v) is 17.2. The van der Waals surface area contributed by atoms with E-state index < -0.39 is 0 Å². The monoisotopic (exact) mass is 660 g/mol. The van der Waals surface area contributed by atoms with Gasteiger partial charge in [-0.2, -0.15) is 5.10 Å². The van der Waals surface area contributed by atoms with E-state index in [-0.39, 0.29) is 29.4 Å². The van der Waals surface area contributed by atoms with Gasteiger partial charge >= 0.3 is 0 Å². The van der Waals surface area contributed by atoms with E-state index in [2.05, 4.69) is 48.6 Å². The van der Waals surface area contributed by atoms with Crippen molar-refractivity contribution in [1.82, 2.24) is 30.2 Å². The fourth-order valence-electron chi connectivity index (χ4n) is 7.96. The van der Waals surface area contributed by atoms with Gasteiger partial charge in [0.1, 0.15) is 29.8 Å². The van der Waals surface area contributed by atoms with Crippen molar-refractivity contribution >= 4 is 28.9 Å². The molecule has 0 radical (unpaired) electrons. The van der Waals surface area contributed by atoms with Crippen LogP contribution >= 0.6 is 0 Å². The maximum absolute atomic E-state index is 12.7. The van der Waals surface area contributed by atoms with Crippen LogP contribution in [-0.2, 0) is 9.59 Å². The van der Waals surface area contributed by atoms with Gasteiger partial charge in [-0.3, -0.25) is 19.8 Å². The van der Waals surface area contributed by atoms with Crippen LogP contribution in [0.15, 0.2) is 67.0 Å². The first kappa shape index (κ1) is 31.1. The normalized spacial score (nSPS) is 23.0. The number of nitrogens with one attached hydrogen (secondary N) is 1. The van der Waals surface area contributed by atoms with Crippen LogP contribution in [0.2, 0.25) is 0 Å². The second kappa shape index (κ2) is 13.0. The smallest absolute Gasteiger partial charge is 0.249 e. The number of nitrogens with two attached hydrogens (primary N) is 1. The molecule has 4 N–H and O–H groups in total. The van der Waals surface area contributed by atoms with E-state index in [9.17, 15) is 14.7 Å². The van der Waals surface area contributed by atoms with E-state index in [1.165, 1.54) is 11.1 Å². The fraction of sp³-hybridized carbons (Fsp3) is 0.378. The summed E-state index contributed by atoms with van der Waals surface area (Å²) < 4.78 is 7.99. The highest BCUT2D eigenvalue weighted by Gasteiger charge is 2.37. The fourth-order valence-corrected chi connectivity index (χ4v) is 7.96. The van der Waals surface area contributed by atoms with Crippen molar-refractivity contribution in [3.63, 3.8) is 0 Å². The number of ether oxygens (including phenoxy) is 1. The molecule has 1 atom stereocenters. The molecule has 252 valence electrons. The van der Waals surface area contributed by atoms with Crippen LogP contribution in [0.3, 0.4) is 0 Å². The average molecular weight is 661 g/mol. The Morgan fingerprint density at radius 2 is 1.80 bits per heavy atom. The van der Waals surface area contributed by atoms with Crippen molar-refractivity contribution < 1.29 is 19.4 Å². The van der Waals surface area contributed by atoms with Crippen molar-refractivity contribution in [3.05, 3.63) is 78.1 Å². The minimum atomic E-state index is -0.341. The molecular weight excluding hydrogens is 620 g/mol. The maximum atomic E-state index is 12.7. The molecule has 0 spiro atoms. The largest absolute Gasteiger partial charge is 0.507 e. The molecule has 4 aromatic rings. The molecule has 1 saturated heterocycles. The number of carbonyl (C=O) groups is 2. The third-order valence-electron chi connectivity index (χ3n) is 10.6. The third kappa shape index (κ3) is 6.01. The lowest BCUT2D eigenvalue weighted by molar-refractivity contribution is -0.134. The van der Waals surface area contributed by atoms with E-state index >= 15 is 0 Å². The number of aromatic nitrogens is 4. The standard InChI is InChI=1S/C37H40N8O4/c38-36-32(20-29(41-42-36)28-4-1-2-7-33(28)46)45-22-25(21-39-45)23-14-16-43(17-15-23)26-10-8-24(9-11-26)27-5-3-6-30-35(27)49-19-18-44(30)31-12-13-34(47)40-37(31)48/h1-7,14,20-22,24,26,31,46H,8-13,15-19H2,(H2,38,42)(H,40,47,48)/t24?,26?,31-/m1/s1. The van der Waals surface area contributed by atoms with E-state index in [4.69, 9.17) is 10.5 Å². The number of aromatic hydroxyl groups is 1. The van der Waals surface area contributed by atoms with Gasteiger partial charge < -0.3 is 20.5 Å². The summed E-state index contributed by atoms with van der Waals surface area (Å²) in [5, 5.41) is 25.7. The summed E-state index contributed by atoms with van der Waals surface area (Å²) in [4.78, 5) is 29.2. The molecule has 2 aromatic heterocycles. The van der Waals surface area contributed by atoms with Crippen LogP contribution in [0.4, 0.5) is 11.5 Å². The number of anilines is 2. The van der Waals surface area contributed by atoms with Crippen LogP contribution < -0.4 is 20.7 Å². The zero-order chi connectivity index (χ0) is 33.5. The Hall–Kier alpha value is -5.23. The highest BCUT2D eigenvalue weighted by Crippen LogP contribution is 2.45.